The monoisotopic (exact) mass is 207 g/mol. The molecule has 1 aromatic rings. The van der Waals surface area contributed by atoms with Gasteiger partial charge in [-0.25, -0.2) is 0 Å². The van der Waals surface area contributed by atoms with Crippen LogP contribution >= 0.6 is 0 Å². The molecule has 0 bridgehead atoms. The lowest BCUT2D eigenvalue weighted by Crippen LogP contribution is -2.32. The van der Waals surface area contributed by atoms with Gasteiger partial charge in [0.1, 0.15) is 0 Å². The Bertz CT molecular complexity index is 366. The van der Waals surface area contributed by atoms with Gasteiger partial charge in [-0.1, -0.05) is 6.42 Å². The molecule has 0 aliphatic heterocycles. The summed E-state index contributed by atoms with van der Waals surface area (Å²) in [6.45, 7) is 2.67. The zero-order valence-electron chi connectivity index (χ0n) is 9.29. The lowest BCUT2D eigenvalue weighted by atomic mass is 9.85. The van der Waals surface area contributed by atoms with E-state index in [2.05, 4.69) is 10.4 Å². The van der Waals surface area contributed by atoms with Gasteiger partial charge < -0.3 is 5.32 Å². The Morgan fingerprint density at radius 3 is 2.87 bits per heavy atom. The fraction of sp³-hybridized carbons (Fsp3) is 0.636. The van der Waals surface area contributed by atoms with Crippen LogP contribution in [0.5, 0.6) is 0 Å². The van der Waals surface area contributed by atoms with Crippen LogP contribution in [-0.4, -0.2) is 22.2 Å². The summed E-state index contributed by atoms with van der Waals surface area (Å²) in [7, 11) is 1.83. The number of rotatable bonds is 3. The van der Waals surface area contributed by atoms with Crippen LogP contribution in [0.25, 0.3) is 0 Å². The highest BCUT2D eigenvalue weighted by atomic mass is 16.1. The Morgan fingerprint density at radius 1 is 1.67 bits per heavy atom. The molecule has 15 heavy (non-hydrogen) atoms. The highest BCUT2D eigenvalue weighted by Crippen LogP contribution is 2.25. The molecule has 1 amide bonds. The largest absolute Gasteiger partial charge is 0.352 e. The minimum Gasteiger partial charge on any atom is -0.352 e. The van der Waals surface area contributed by atoms with Gasteiger partial charge in [-0.2, -0.15) is 5.10 Å². The van der Waals surface area contributed by atoms with E-state index in [1.165, 1.54) is 19.3 Å². The van der Waals surface area contributed by atoms with Gasteiger partial charge in [0.15, 0.2) is 0 Å². The summed E-state index contributed by atoms with van der Waals surface area (Å²) < 4.78 is 1.67. The molecular weight excluding hydrogens is 190 g/mol. The molecule has 1 aromatic heterocycles. The van der Waals surface area contributed by atoms with Gasteiger partial charge in [0.25, 0.3) is 5.91 Å². The molecule has 0 unspecified atom stereocenters. The van der Waals surface area contributed by atoms with Crippen LogP contribution in [0.2, 0.25) is 0 Å². The van der Waals surface area contributed by atoms with Gasteiger partial charge in [0.05, 0.1) is 11.3 Å². The first-order chi connectivity index (χ1) is 7.16. The second-order valence-electron chi connectivity index (χ2n) is 4.31. The van der Waals surface area contributed by atoms with Crippen LogP contribution < -0.4 is 5.32 Å². The Balaban J connectivity index is 1.92. The quantitative estimate of drug-likeness (QED) is 0.811. The van der Waals surface area contributed by atoms with Crippen LogP contribution in [0.3, 0.4) is 0 Å². The predicted molar refractivity (Wildman–Crippen MR) is 57.6 cm³/mol. The lowest BCUT2D eigenvalue weighted by Gasteiger charge is -2.25. The molecule has 0 saturated heterocycles. The number of nitrogens with one attached hydrogen (secondary N) is 1. The standard InChI is InChI=1S/C11H17N3O/c1-8-10(7-14(2)13-8)11(15)12-6-9-4-3-5-9/h7,9H,3-6H2,1-2H3,(H,12,15). The molecule has 4 nitrogen and oxygen atoms in total. The average Bonchev–Trinajstić information content (AvgIpc) is 2.42. The average molecular weight is 207 g/mol. The van der Waals surface area contributed by atoms with Crippen molar-refractivity contribution in [3.63, 3.8) is 0 Å². The van der Waals surface area contributed by atoms with Crippen molar-refractivity contribution in [2.24, 2.45) is 13.0 Å². The molecule has 1 aliphatic rings. The number of aromatic nitrogens is 2. The molecular formula is C11H17N3O. The van der Waals surface area contributed by atoms with Crippen LogP contribution in [0.15, 0.2) is 6.20 Å². The van der Waals surface area contributed by atoms with Crippen molar-refractivity contribution in [2.45, 2.75) is 26.2 Å². The first-order valence-corrected chi connectivity index (χ1v) is 5.45. The first kappa shape index (κ1) is 10.2. The number of hydrogen-bond acceptors (Lipinski definition) is 2. The van der Waals surface area contributed by atoms with Gasteiger partial charge >= 0.3 is 0 Å². The molecule has 1 aliphatic carbocycles. The lowest BCUT2D eigenvalue weighted by molar-refractivity contribution is 0.0938. The first-order valence-electron chi connectivity index (χ1n) is 5.45. The van der Waals surface area contributed by atoms with Gasteiger partial charge in [-0.05, 0) is 25.7 Å². The maximum absolute atomic E-state index is 11.8. The van der Waals surface area contributed by atoms with Crippen molar-refractivity contribution in [3.8, 4) is 0 Å². The number of aryl methyl sites for hydroxylation is 2. The predicted octanol–water partition coefficient (Wildman–Crippen LogP) is 1.26. The van der Waals surface area contributed by atoms with E-state index in [9.17, 15) is 4.79 Å². The van der Waals surface area contributed by atoms with Crippen LogP contribution in [0.1, 0.15) is 35.3 Å². The topological polar surface area (TPSA) is 46.9 Å². The third kappa shape index (κ3) is 2.19. The smallest absolute Gasteiger partial charge is 0.254 e. The van der Waals surface area contributed by atoms with E-state index < -0.39 is 0 Å². The van der Waals surface area contributed by atoms with E-state index in [1.807, 2.05) is 14.0 Å². The summed E-state index contributed by atoms with van der Waals surface area (Å²) in [5, 5.41) is 7.11. The number of hydrogen-bond donors (Lipinski definition) is 1. The van der Waals surface area contributed by atoms with E-state index in [1.54, 1.807) is 10.9 Å². The molecule has 1 N–H and O–H groups in total. The van der Waals surface area contributed by atoms with Crippen molar-refractivity contribution in [3.05, 3.63) is 17.5 Å². The summed E-state index contributed by atoms with van der Waals surface area (Å²) >= 11 is 0. The maximum atomic E-state index is 11.8. The zero-order valence-corrected chi connectivity index (χ0v) is 9.29. The summed E-state index contributed by atoms with van der Waals surface area (Å²) in [6, 6.07) is 0. The SMILES string of the molecule is Cc1nn(C)cc1C(=O)NCC1CCC1. The highest BCUT2D eigenvalue weighted by Gasteiger charge is 2.19. The van der Waals surface area contributed by atoms with E-state index in [4.69, 9.17) is 0 Å². The molecule has 0 radical (unpaired) electrons. The highest BCUT2D eigenvalue weighted by molar-refractivity contribution is 5.94. The molecule has 0 atom stereocenters. The third-order valence-corrected chi connectivity index (χ3v) is 3.03. The summed E-state index contributed by atoms with van der Waals surface area (Å²) in [5.74, 6) is 0.707. The number of carbonyl (C=O) groups is 1. The van der Waals surface area contributed by atoms with Crippen LogP contribution in [0.4, 0.5) is 0 Å². The molecule has 2 rings (SSSR count). The Hall–Kier alpha value is -1.32. The maximum Gasteiger partial charge on any atom is 0.254 e. The summed E-state index contributed by atoms with van der Waals surface area (Å²) in [4.78, 5) is 11.8. The number of carbonyl (C=O) groups excluding carboxylic acids is 1. The minimum atomic E-state index is 0.00694. The van der Waals surface area contributed by atoms with Gasteiger partial charge in [-0.15, -0.1) is 0 Å². The molecule has 82 valence electrons. The minimum absolute atomic E-state index is 0.00694. The van der Waals surface area contributed by atoms with Gasteiger partial charge in [0, 0.05) is 19.8 Å². The Kier molecular flexibility index (Phi) is 2.75. The fourth-order valence-electron chi connectivity index (χ4n) is 1.85. The molecule has 1 fully saturated rings. The van der Waals surface area contributed by atoms with Crippen molar-refractivity contribution in [1.29, 1.82) is 0 Å². The molecule has 0 aromatic carbocycles. The second-order valence-corrected chi connectivity index (χ2v) is 4.31. The van der Waals surface area contributed by atoms with Crippen molar-refractivity contribution in [1.82, 2.24) is 15.1 Å². The van der Waals surface area contributed by atoms with Crippen LogP contribution in [-0.2, 0) is 7.05 Å². The van der Waals surface area contributed by atoms with Crippen molar-refractivity contribution < 1.29 is 4.79 Å². The molecule has 1 saturated carbocycles. The Morgan fingerprint density at radius 2 is 2.40 bits per heavy atom. The third-order valence-electron chi connectivity index (χ3n) is 3.03. The zero-order chi connectivity index (χ0) is 10.8. The van der Waals surface area contributed by atoms with E-state index >= 15 is 0 Å². The summed E-state index contributed by atoms with van der Waals surface area (Å²) in [6.07, 6.45) is 5.59. The molecule has 4 heteroatoms. The van der Waals surface area contributed by atoms with Gasteiger partial charge in [0.2, 0.25) is 0 Å². The normalized spacial score (nSPS) is 16.1. The number of nitrogens with zero attached hydrogens (tertiary/aromatic N) is 2. The summed E-state index contributed by atoms with van der Waals surface area (Å²) in [5.41, 5.74) is 1.49. The van der Waals surface area contributed by atoms with Crippen LogP contribution in [0, 0.1) is 12.8 Å². The van der Waals surface area contributed by atoms with E-state index in [-0.39, 0.29) is 5.91 Å². The Labute approximate surface area is 89.7 Å². The fourth-order valence-corrected chi connectivity index (χ4v) is 1.85. The molecule has 0 spiro atoms. The number of amides is 1. The van der Waals surface area contributed by atoms with E-state index in [0.717, 1.165) is 12.2 Å². The van der Waals surface area contributed by atoms with E-state index in [0.29, 0.717) is 11.5 Å². The van der Waals surface area contributed by atoms with Crippen molar-refractivity contribution >= 4 is 5.91 Å². The van der Waals surface area contributed by atoms with Gasteiger partial charge in [-0.3, -0.25) is 9.48 Å². The van der Waals surface area contributed by atoms with Crippen molar-refractivity contribution in [2.75, 3.05) is 6.54 Å². The molecule has 1 heterocycles. The second kappa shape index (κ2) is 4.04.